The Bertz CT molecular complexity index is 769. The highest BCUT2D eigenvalue weighted by molar-refractivity contribution is 5.95. The molecule has 0 radical (unpaired) electrons. The summed E-state index contributed by atoms with van der Waals surface area (Å²) in [6, 6.07) is 12.1. The van der Waals surface area contributed by atoms with E-state index in [1.807, 2.05) is 25.1 Å². The lowest BCUT2D eigenvalue weighted by Crippen LogP contribution is -2.47. The van der Waals surface area contributed by atoms with Gasteiger partial charge < -0.3 is 14.6 Å². The first-order valence-electron chi connectivity index (χ1n) is 9.72. The zero-order chi connectivity index (χ0) is 19.2. The topological polar surface area (TPSA) is 62.6 Å². The largest absolute Gasteiger partial charge is 0.469 e. The molecule has 0 spiro atoms. The first-order valence-corrected chi connectivity index (χ1v) is 9.72. The van der Waals surface area contributed by atoms with Crippen LogP contribution in [0, 0.1) is 12.8 Å². The van der Waals surface area contributed by atoms with Crippen molar-refractivity contribution in [1.29, 1.82) is 0 Å². The van der Waals surface area contributed by atoms with Gasteiger partial charge in [0.25, 0.3) is 5.91 Å². The molecule has 1 aromatic carbocycles. The van der Waals surface area contributed by atoms with Crippen LogP contribution in [0.2, 0.25) is 0 Å². The van der Waals surface area contributed by atoms with Crippen LogP contribution in [0.1, 0.15) is 47.9 Å². The van der Waals surface area contributed by atoms with Crippen LogP contribution >= 0.6 is 0 Å². The first-order chi connectivity index (χ1) is 13.0. The van der Waals surface area contributed by atoms with Crippen LogP contribution in [0.15, 0.2) is 47.1 Å². The van der Waals surface area contributed by atoms with Gasteiger partial charge in [-0.2, -0.15) is 0 Å². The fourth-order valence-corrected chi connectivity index (χ4v) is 3.61. The Labute approximate surface area is 160 Å². The van der Waals surface area contributed by atoms with E-state index < -0.39 is 0 Å². The lowest BCUT2D eigenvalue weighted by atomic mass is 9.95. The summed E-state index contributed by atoms with van der Waals surface area (Å²) in [4.78, 5) is 27.1. The smallest absolute Gasteiger partial charge is 0.257 e. The van der Waals surface area contributed by atoms with Gasteiger partial charge in [0.1, 0.15) is 5.76 Å². The van der Waals surface area contributed by atoms with Crippen molar-refractivity contribution < 1.29 is 14.0 Å². The Balaban J connectivity index is 1.50. The van der Waals surface area contributed by atoms with Gasteiger partial charge in [0, 0.05) is 19.1 Å². The molecule has 2 aromatic rings. The van der Waals surface area contributed by atoms with E-state index in [2.05, 4.69) is 17.4 Å². The molecular weight excluding hydrogens is 340 g/mol. The quantitative estimate of drug-likeness (QED) is 0.848. The van der Waals surface area contributed by atoms with Gasteiger partial charge in [-0.3, -0.25) is 9.59 Å². The minimum atomic E-state index is -0.144. The lowest BCUT2D eigenvalue weighted by Gasteiger charge is -2.32. The summed E-state index contributed by atoms with van der Waals surface area (Å²) in [7, 11) is 0. The molecule has 0 aliphatic carbocycles. The molecule has 1 saturated heterocycles. The van der Waals surface area contributed by atoms with E-state index in [-0.39, 0.29) is 23.8 Å². The normalized spacial score (nSPS) is 18.1. The summed E-state index contributed by atoms with van der Waals surface area (Å²) >= 11 is 0. The molecule has 2 amide bonds. The molecule has 27 heavy (non-hydrogen) atoms. The fraction of sp³-hybridized carbons (Fsp3) is 0.455. The molecule has 5 nitrogen and oxygen atoms in total. The third kappa shape index (κ3) is 5.00. The van der Waals surface area contributed by atoms with Crippen LogP contribution in [-0.2, 0) is 11.2 Å². The molecule has 2 atom stereocenters. The van der Waals surface area contributed by atoms with Gasteiger partial charge in [0.2, 0.25) is 5.91 Å². The maximum absolute atomic E-state index is 12.7. The Morgan fingerprint density at radius 3 is 2.74 bits per heavy atom. The summed E-state index contributed by atoms with van der Waals surface area (Å²) in [5.74, 6) is 0.489. The number of benzene rings is 1. The number of rotatable bonds is 6. The molecule has 1 aliphatic heterocycles. The predicted molar refractivity (Wildman–Crippen MR) is 104 cm³/mol. The predicted octanol–water partition coefficient (Wildman–Crippen LogP) is 3.58. The first kappa shape index (κ1) is 19.2. The van der Waals surface area contributed by atoms with Crippen LogP contribution in [0.3, 0.4) is 0 Å². The molecule has 144 valence electrons. The van der Waals surface area contributed by atoms with Crippen molar-refractivity contribution in [2.45, 2.75) is 45.6 Å². The average Bonchev–Trinajstić information content (AvgIpc) is 3.12. The highest BCUT2D eigenvalue weighted by Crippen LogP contribution is 2.21. The minimum Gasteiger partial charge on any atom is -0.469 e. The molecule has 1 fully saturated rings. The van der Waals surface area contributed by atoms with Crippen LogP contribution in [0.5, 0.6) is 0 Å². The molecule has 2 unspecified atom stereocenters. The van der Waals surface area contributed by atoms with Crippen molar-refractivity contribution in [2.24, 2.45) is 5.92 Å². The number of nitrogens with zero attached hydrogens (tertiary/aromatic N) is 1. The summed E-state index contributed by atoms with van der Waals surface area (Å²) < 4.78 is 5.24. The Kier molecular flexibility index (Phi) is 6.32. The van der Waals surface area contributed by atoms with Gasteiger partial charge in [0.05, 0.1) is 17.7 Å². The summed E-state index contributed by atoms with van der Waals surface area (Å²) in [6.45, 7) is 4.99. The van der Waals surface area contributed by atoms with Gasteiger partial charge in [-0.05, 0) is 51.2 Å². The van der Waals surface area contributed by atoms with Gasteiger partial charge >= 0.3 is 0 Å². The minimum absolute atomic E-state index is 0.0455. The van der Waals surface area contributed by atoms with Crippen molar-refractivity contribution in [3.63, 3.8) is 0 Å². The lowest BCUT2D eigenvalue weighted by molar-refractivity contribution is -0.127. The zero-order valence-corrected chi connectivity index (χ0v) is 16.1. The molecule has 3 rings (SSSR count). The van der Waals surface area contributed by atoms with Gasteiger partial charge in [-0.15, -0.1) is 0 Å². The monoisotopic (exact) mass is 368 g/mol. The molecule has 0 bridgehead atoms. The van der Waals surface area contributed by atoms with E-state index in [0.717, 1.165) is 25.7 Å². The maximum Gasteiger partial charge on any atom is 0.257 e. The number of likely N-dealkylation sites (tertiary alicyclic amines) is 1. The summed E-state index contributed by atoms with van der Waals surface area (Å²) in [6.07, 6.45) is 5.05. The molecule has 5 heteroatoms. The Hall–Kier alpha value is -2.56. The van der Waals surface area contributed by atoms with E-state index in [0.29, 0.717) is 24.4 Å². The highest BCUT2D eigenvalue weighted by Gasteiger charge is 2.30. The number of carbonyl (C=O) groups excluding carboxylic acids is 2. The molecule has 0 saturated carbocycles. The number of aryl methyl sites for hydroxylation is 2. The number of carbonyl (C=O) groups is 2. The number of nitrogens with one attached hydrogen (secondary N) is 1. The molecule has 1 N–H and O–H groups in total. The van der Waals surface area contributed by atoms with Crippen molar-refractivity contribution in [1.82, 2.24) is 10.2 Å². The van der Waals surface area contributed by atoms with Gasteiger partial charge in [-0.25, -0.2) is 0 Å². The summed E-state index contributed by atoms with van der Waals surface area (Å²) in [5.41, 5.74) is 1.87. The molecule has 2 heterocycles. The van der Waals surface area contributed by atoms with Crippen LogP contribution in [-0.4, -0.2) is 35.8 Å². The fourth-order valence-electron chi connectivity index (χ4n) is 3.61. The number of piperidine rings is 1. The maximum atomic E-state index is 12.7. The Morgan fingerprint density at radius 1 is 1.26 bits per heavy atom. The highest BCUT2D eigenvalue weighted by atomic mass is 16.3. The SMILES string of the molecule is Cc1occc1C(=O)N1CCCC(C(=O)NC(C)CCc2ccccc2)C1. The van der Waals surface area contributed by atoms with Crippen molar-refractivity contribution in [3.05, 3.63) is 59.5 Å². The number of hydrogen-bond donors (Lipinski definition) is 1. The van der Waals surface area contributed by atoms with E-state index in [9.17, 15) is 9.59 Å². The zero-order valence-electron chi connectivity index (χ0n) is 16.1. The van der Waals surface area contributed by atoms with Crippen LogP contribution in [0.25, 0.3) is 0 Å². The summed E-state index contributed by atoms with van der Waals surface area (Å²) in [5, 5.41) is 3.13. The van der Waals surface area contributed by atoms with E-state index in [1.165, 1.54) is 11.8 Å². The van der Waals surface area contributed by atoms with Crippen molar-refractivity contribution in [2.75, 3.05) is 13.1 Å². The molecule has 1 aromatic heterocycles. The number of amides is 2. The second kappa shape index (κ2) is 8.89. The second-order valence-corrected chi connectivity index (χ2v) is 7.41. The van der Waals surface area contributed by atoms with Crippen LogP contribution < -0.4 is 5.32 Å². The molecular formula is C22H28N2O3. The van der Waals surface area contributed by atoms with E-state index in [4.69, 9.17) is 4.42 Å². The Morgan fingerprint density at radius 2 is 2.04 bits per heavy atom. The standard InChI is InChI=1S/C22H28N2O3/c1-16(10-11-18-7-4-3-5-8-18)23-21(25)19-9-6-13-24(15-19)22(26)20-12-14-27-17(20)2/h3-5,7-8,12,14,16,19H,6,9-11,13,15H2,1-2H3,(H,23,25). The third-order valence-electron chi connectivity index (χ3n) is 5.27. The second-order valence-electron chi connectivity index (χ2n) is 7.41. The van der Waals surface area contributed by atoms with Crippen LogP contribution in [0.4, 0.5) is 0 Å². The third-order valence-corrected chi connectivity index (χ3v) is 5.27. The van der Waals surface area contributed by atoms with Crippen molar-refractivity contribution in [3.8, 4) is 0 Å². The van der Waals surface area contributed by atoms with E-state index in [1.54, 1.807) is 17.9 Å². The molecule has 1 aliphatic rings. The van der Waals surface area contributed by atoms with Crippen molar-refractivity contribution >= 4 is 11.8 Å². The van der Waals surface area contributed by atoms with Gasteiger partial charge in [0.15, 0.2) is 0 Å². The number of furan rings is 1. The number of hydrogen-bond acceptors (Lipinski definition) is 3. The van der Waals surface area contributed by atoms with E-state index >= 15 is 0 Å². The average molecular weight is 368 g/mol. The van der Waals surface area contributed by atoms with Gasteiger partial charge in [-0.1, -0.05) is 30.3 Å².